The lowest BCUT2D eigenvalue weighted by molar-refractivity contribution is -0.277. The molecule has 0 amide bonds. The molecule has 1 rings (SSSR count). The topological polar surface area (TPSA) is 35.5 Å². The summed E-state index contributed by atoms with van der Waals surface area (Å²) < 4.78 is 50.6. The summed E-state index contributed by atoms with van der Waals surface area (Å²) in [7, 11) is 0.830. The summed E-state index contributed by atoms with van der Waals surface area (Å²) in [6.45, 7) is 5.23. The van der Waals surface area contributed by atoms with Gasteiger partial charge in [-0.3, -0.25) is 0 Å². The second-order valence-electron chi connectivity index (χ2n) is 4.73. The average Bonchev–Trinajstić information content (AvgIpc) is 2.52. The molecule has 2 atom stereocenters. The van der Waals surface area contributed by atoms with Gasteiger partial charge in [0.2, 0.25) is 0 Å². The molecule has 0 fully saturated rings. The van der Waals surface area contributed by atoms with Crippen molar-refractivity contribution in [3.63, 3.8) is 0 Å². The Morgan fingerprint density at radius 2 is 1.91 bits per heavy atom. The molecule has 0 aromatic heterocycles. The normalized spacial score (nSPS) is 15.9. The molecule has 0 spiro atoms. The van der Waals surface area contributed by atoms with E-state index >= 15 is 0 Å². The van der Waals surface area contributed by atoms with E-state index in [4.69, 9.17) is 4.74 Å². The Kier molecular flexibility index (Phi) is 6.57. The van der Waals surface area contributed by atoms with Crippen LogP contribution >= 0.6 is 0 Å². The molecule has 3 nitrogen and oxygen atoms in total. The zero-order chi connectivity index (χ0) is 17.5. The van der Waals surface area contributed by atoms with Crippen molar-refractivity contribution in [1.29, 1.82) is 0 Å². The first-order valence-corrected chi connectivity index (χ1v) is 6.95. The Morgan fingerprint density at radius 1 is 1.30 bits per heavy atom. The van der Waals surface area contributed by atoms with Crippen LogP contribution in [0.5, 0.6) is 0 Å². The minimum absolute atomic E-state index is 0.234. The van der Waals surface area contributed by atoms with Gasteiger partial charge in [0, 0.05) is 19.1 Å². The van der Waals surface area contributed by atoms with Gasteiger partial charge in [0.25, 0.3) is 5.60 Å². The van der Waals surface area contributed by atoms with Crippen molar-refractivity contribution in [3.05, 3.63) is 60.7 Å². The highest BCUT2D eigenvalue weighted by Crippen LogP contribution is 2.43. The summed E-state index contributed by atoms with van der Waals surface area (Å²) in [5.74, 6) is -1.52. The smallest absolute Gasteiger partial charge is 0.432 e. The molecule has 1 aromatic rings. The second kappa shape index (κ2) is 7.97. The van der Waals surface area contributed by atoms with Gasteiger partial charge in [0.05, 0.1) is 0 Å². The molecule has 0 heterocycles. The number of hydrogen-bond donors (Lipinski definition) is 0. The molecule has 0 N–H and O–H groups in total. The fourth-order valence-corrected chi connectivity index (χ4v) is 2.07. The predicted octanol–water partition coefficient (Wildman–Crippen LogP) is 4.15. The number of alkyl halides is 3. The lowest BCUT2D eigenvalue weighted by Crippen LogP contribution is -2.52. The number of esters is 1. The fourth-order valence-electron chi connectivity index (χ4n) is 2.07. The Hall–Kier alpha value is -2.08. The Morgan fingerprint density at radius 3 is 2.35 bits per heavy atom. The van der Waals surface area contributed by atoms with Crippen molar-refractivity contribution >= 4 is 5.97 Å². The van der Waals surface area contributed by atoms with Crippen LogP contribution in [0.4, 0.5) is 13.2 Å². The maximum atomic E-state index is 13.7. The number of methoxy groups -OCH3 is 1. The van der Waals surface area contributed by atoms with Crippen LogP contribution < -0.4 is 0 Å². The van der Waals surface area contributed by atoms with Crippen LogP contribution in [-0.2, 0) is 19.9 Å². The van der Waals surface area contributed by atoms with Crippen LogP contribution in [0, 0.1) is 0 Å². The highest BCUT2D eigenvalue weighted by molar-refractivity contribution is 5.83. The lowest BCUT2D eigenvalue weighted by atomic mass is 9.92. The zero-order valence-electron chi connectivity index (χ0n) is 13.0. The first kappa shape index (κ1) is 19.0. The number of hydrogen-bond acceptors (Lipinski definition) is 3. The van der Waals surface area contributed by atoms with Crippen molar-refractivity contribution < 1.29 is 27.4 Å². The maximum Gasteiger partial charge on any atom is 0.432 e. The summed E-state index contributed by atoms with van der Waals surface area (Å²) >= 11 is 0. The summed E-state index contributed by atoms with van der Waals surface area (Å²) in [5, 5.41) is 0. The standard InChI is InChI=1S/C17H19F3O3/c1-4-6-12-14(5-2)23-15(21)16(22-3,17(18,19)20)13-10-8-7-9-11-13/h4-11,14H,2,12H2,1,3H3/b6-4-/t14-,16?/m0/s1. The van der Waals surface area contributed by atoms with Gasteiger partial charge < -0.3 is 9.47 Å². The van der Waals surface area contributed by atoms with Gasteiger partial charge in [-0.2, -0.15) is 13.2 Å². The molecule has 126 valence electrons. The van der Waals surface area contributed by atoms with Crippen LogP contribution in [0.15, 0.2) is 55.1 Å². The summed E-state index contributed by atoms with van der Waals surface area (Å²) in [5.41, 5.74) is -3.51. The molecular formula is C17H19F3O3. The number of carbonyl (C=O) groups excluding carboxylic acids is 1. The molecule has 6 heteroatoms. The second-order valence-corrected chi connectivity index (χ2v) is 4.73. The van der Waals surface area contributed by atoms with E-state index in [1.165, 1.54) is 30.3 Å². The molecule has 1 aromatic carbocycles. The summed E-state index contributed by atoms with van der Waals surface area (Å²) in [4.78, 5) is 12.3. The molecule has 0 aliphatic carbocycles. The highest BCUT2D eigenvalue weighted by atomic mass is 19.4. The SMILES string of the molecule is C=C[C@@H](C/C=C\C)OC(=O)C(OC)(c1ccccc1)C(F)(F)F. The molecule has 23 heavy (non-hydrogen) atoms. The van der Waals surface area contributed by atoms with Crippen LogP contribution in [0.2, 0.25) is 0 Å². The van der Waals surface area contributed by atoms with Gasteiger partial charge in [-0.1, -0.05) is 55.1 Å². The minimum atomic E-state index is -4.98. The average molecular weight is 328 g/mol. The first-order chi connectivity index (χ1) is 10.8. The van der Waals surface area contributed by atoms with Gasteiger partial charge in [0.15, 0.2) is 0 Å². The highest BCUT2D eigenvalue weighted by Gasteiger charge is 2.64. The number of benzene rings is 1. The summed E-state index contributed by atoms with van der Waals surface area (Å²) in [6, 6.07) is 6.68. The Bertz CT molecular complexity index is 552. The predicted molar refractivity (Wildman–Crippen MR) is 80.7 cm³/mol. The van der Waals surface area contributed by atoms with E-state index in [9.17, 15) is 18.0 Å². The number of allylic oxidation sites excluding steroid dienone is 1. The molecule has 0 bridgehead atoms. The van der Waals surface area contributed by atoms with Crippen molar-refractivity contribution in [3.8, 4) is 0 Å². The van der Waals surface area contributed by atoms with Gasteiger partial charge in [0.1, 0.15) is 6.10 Å². The Labute approximate surface area is 133 Å². The zero-order valence-corrected chi connectivity index (χ0v) is 13.0. The molecular weight excluding hydrogens is 309 g/mol. The van der Waals surface area contributed by atoms with Gasteiger partial charge in [-0.05, 0) is 6.92 Å². The van der Waals surface area contributed by atoms with Gasteiger partial charge in [-0.15, -0.1) is 0 Å². The first-order valence-electron chi connectivity index (χ1n) is 6.95. The third-order valence-corrected chi connectivity index (χ3v) is 3.30. The van der Waals surface area contributed by atoms with E-state index in [-0.39, 0.29) is 12.0 Å². The minimum Gasteiger partial charge on any atom is -0.455 e. The summed E-state index contributed by atoms with van der Waals surface area (Å²) in [6.07, 6.45) is -0.969. The van der Waals surface area contributed by atoms with Crippen molar-refractivity contribution in [2.24, 2.45) is 0 Å². The molecule has 0 radical (unpaired) electrons. The van der Waals surface area contributed by atoms with E-state index in [2.05, 4.69) is 11.3 Å². The van der Waals surface area contributed by atoms with Gasteiger partial charge >= 0.3 is 12.1 Å². The van der Waals surface area contributed by atoms with Crippen LogP contribution in [0.1, 0.15) is 18.9 Å². The third-order valence-electron chi connectivity index (χ3n) is 3.30. The van der Waals surface area contributed by atoms with Gasteiger partial charge in [-0.25, -0.2) is 4.79 Å². The molecule has 0 aliphatic heterocycles. The van der Waals surface area contributed by atoms with Crippen molar-refractivity contribution in [2.75, 3.05) is 7.11 Å². The fraction of sp³-hybridized carbons (Fsp3) is 0.353. The molecule has 0 aliphatic rings. The quantitative estimate of drug-likeness (QED) is 0.557. The lowest BCUT2D eigenvalue weighted by Gasteiger charge is -2.33. The largest absolute Gasteiger partial charge is 0.455 e. The molecule has 1 unspecified atom stereocenters. The number of carbonyl (C=O) groups is 1. The third kappa shape index (κ3) is 4.01. The van der Waals surface area contributed by atoms with E-state index in [0.29, 0.717) is 0 Å². The number of ether oxygens (including phenoxy) is 2. The van der Waals surface area contributed by atoms with E-state index in [1.807, 2.05) is 0 Å². The molecule has 0 saturated carbocycles. The number of halogens is 3. The molecule has 0 saturated heterocycles. The van der Waals surface area contributed by atoms with E-state index in [0.717, 1.165) is 7.11 Å². The van der Waals surface area contributed by atoms with Crippen molar-refractivity contribution in [1.82, 2.24) is 0 Å². The van der Waals surface area contributed by atoms with Crippen LogP contribution in [0.25, 0.3) is 0 Å². The maximum absolute atomic E-state index is 13.7. The number of rotatable bonds is 7. The Balaban J connectivity index is 3.25. The van der Waals surface area contributed by atoms with Crippen LogP contribution in [-0.4, -0.2) is 25.4 Å². The monoisotopic (exact) mass is 328 g/mol. The van der Waals surface area contributed by atoms with Crippen molar-refractivity contribution in [2.45, 2.75) is 31.2 Å². The van der Waals surface area contributed by atoms with E-state index < -0.39 is 23.9 Å². The van der Waals surface area contributed by atoms with Crippen LogP contribution in [0.3, 0.4) is 0 Å². The van der Waals surface area contributed by atoms with E-state index in [1.54, 1.807) is 25.1 Å².